The second-order valence-corrected chi connectivity index (χ2v) is 5.51. The van der Waals surface area contributed by atoms with E-state index in [0.717, 1.165) is 12.8 Å². The summed E-state index contributed by atoms with van der Waals surface area (Å²) in [5.41, 5.74) is 3.02. The number of nitro groups is 1. The van der Waals surface area contributed by atoms with Crippen LogP contribution < -0.4 is 19.6 Å². The van der Waals surface area contributed by atoms with E-state index >= 15 is 0 Å². The number of nitrogens with one attached hydrogen (secondary N) is 1. The first-order chi connectivity index (χ1) is 12.0. The van der Waals surface area contributed by atoms with Crippen molar-refractivity contribution in [3.63, 3.8) is 0 Å². The van der Waals surface area contributed by atoms with E-state index in [1.165, 1.54) is 33.5 Å². The average Bonchev–Trinajstić information content (AvgIpc) is 2.64. The van der Waals surface area contributed by atoms with E-state index in [1.807, 2.05) is 0 Å². The van der Waals surface area contributed by atoms with Crippen molar-refractivity contribution in [2.45, 2.75) is 31.7 Å². The zero-order chi connectivity index (χ0) is 18.4. The molecule has 2 rings (SSSR count). The van der Waals surface area contributed by atoms with Crippen LogP contribution in [0.15, 0.2) is 17.2 Å². The van der Waals surface area contributed by atoms with Crippen molar-refractivity contribution in [3.05, 3.63) is 27.8 Å². The van der Waals surface area contributed by atoms with Crippen LogP contribution in [0.2, 0.25) is 0 Å². The lowest BCUT2D eigenvalue weighted by molar-refractivity contribution is -0.504. The van der Waals surface area contributed by atoms with Crippen molar-refractivity contribution < 1.29 is 23.9 Å². The van der Waals surface area contributed by atoms with Crippen LogP contribution in [0.3, 0.4) is 0 Å². The molecule has 1 atom stereocenters. The molecule has 0 aromatic heterocycles. The number of nitrogens with zero attached hydrogens (tertiary/aromatic N) is 2. The van der Waals surface area contributed by atoms with E-state index in [0.29, 0.717) is 35.8 Å². The first-order valence-electron chi connectivity index (χ1n) is 7.82. The van der Waals surface area contributed by atoms with Crippen molar-refractivity contribution in [1.29, 1.82) is 0 Å². The van der Waals surface area contributed by atoms with E-state index in [2.05, 4.69) is 10.5 Å². The summed E-state index contributed by atoms with van der Waals surface area (Å²) in [6.45, 7) is 0. The maximum atomic E-state index is 12.4. The number of hydrogen-bond donors (Lipinski definition) is 1. The number of ether oxygens (including phenoxy) is 3. The number of hydrazone groups is 1. The molecule has 0 radical (unpaired) electrons. The maximum absolute atomic E-state index is 12.4. The maximum Gasteiger partial charge on any atom is 0.271 e. The standard InChI is InChI=1S/C16H21N3O6/c1-23-13-8-10(9-14(24-2)15(13)25-3)16(20)18-17-11-6-4-5-7-12(11)19(21)22/h8-9,12H,4-7H2,1-3H3,(H,18,20)/b17-11-/t12-/m0/s1. The second kappa shape index (κ2) is 8.32. The van der Waals surface area contributed by atoms with E-state index in [9.17, 15) is 14.9 Å². The van der Waals surface area contributed by atoms with Gasteiger partial charge in [-0.15, -0.1) is 0 Å². The minimum Gasteiger partial charge on any atom is -0.493 e. The highest BCUT2D eigenvalue weighted by atomic mass is 16.6. The first kappa shape index (κ1) is 18.5. The van der Waals surface area contributed by atoms with Gasteiger partial charge in [0.1, 0.15) is 5.71 Å². The predicted molar refractivity (Wildman–Crippen MR) is 90.2 cm³/mol. The number of benzene rings is 1. The number of hydrogen-bond acceptors (Lipinski definition) is 7. The Morgan fingerprint density at radius 3 is 2.36 bits per heavy atom. The summed E-state index contributed by atoms with van der Waals surface area (Å²) in [5, 5.41) is 15.1. The van der Waals surface area contributed by atoms with Crippen LogP contribution in [0.5, 0.6) is 17.2 Å². The van der Waals surface area contributed by atoms with Crippen LogP contribution in [0.25, 0.3) is 0 Å². The van der Waals surface area contributed by atoms with Crippen LogP contribution in [-0.4, -0.2) is 43.9 Å². The quantitative estimate of drug-likeness (QED) is 0.620. The number of carbonyl (C=O) groups is 1. The molecule has 25 heavy (non-hydrogen) atoms. The number of carbonyl (C=O) groups excluding carboxylic acids is 1. The molecule has 1 aliphatic carbocycles. The van der Waals surface area contributed by atoms with Gasteiger partial charge in [0, 0.05) is 16.9 Å². The Morgan fingerprint density at radius 1 is 1.20 bits per heavy atom. The fourth-order valence-corrected chi connectivity index (χ4v) is 2.73. The van der Waals surface area contributed by atoms with Crippen LogP contribution in [0.4, 0.5) is 0 Å². The molecular formula is C16H21N3O6. The predicted octanol–water partition coefficient (Wildman–Crippen LogP) is 2.02. The third kappa shape index (κ3) is 4.17. The molecule has 0 saturated heterocycles. The van der Waals surface area contributed by atoms with Crippen LogP contribution in [-0.2, 0) is 0 Å². The van der Waals surface area contributed by atoms with Gasteiger partial charge in [0.25, 0.3) is 11.9 Å². The Kier molecular flexibility index (Phi) is 6.15. The van der Waals surface area contributed by atoms with Crippen LogP contribution in [0, 0.1) is 10.1 Å². The zero-order valence-electron chi connectivity index (χ0n) is 14.4. The zero-order valence-corrected chi connectivity index (χ0v) is 14.4. The Labute approximate surface area is 145 Å². The van der Waals surface area contributed by atoms with E-state index in [4.69, 9.17) is 14.2 Å². The molecule has 1 saturated carbocycles. The molecule has 0 unspecified atom stereocenters. The normalized spacial score (nSPS) is 18.5. The monoisotopic (exact) mass is 351 g/mol. The van der Waals surface area contributed by atoms with Crippen LogP contribution >= 0.6 is 0 Å². The van der Waals surface area contributed by atoms with Gasteiger partial charge < -0.3 is 14.2 Å². The molecular weight excluding hydrogens is 330 g/mol. The summed E-state index contributed by atoms with van der Waals surface area (Å²) in [7, 11) is 4.36. The van der Waals surface area contributed by atoms with Crippen molar-refractivity contribution >= 4 is 11.6 Å². The van der Waals surface area contributed by atoms with Gasteiger partial charge in [-0.25, -0.2) is 5.43 Å². The lowest BCUT2D eigenvalue weighted by Crippen LogP contribution is -2.34. The fraction of sp³-hybridized carbons (Fsp3) is 0.500. The second-order valence-electron chi connectivity index (χ2n) is 5.51. The Bertz CT molecular complexity index is 663. The molecule has 0 aliphatic heterocycles. The van der Waals surface area contributed by atoms with Gasteiger partial charge in [0.05, 0.1) is 21.3 Å². The van der Waals surface area contributed by atoms with Crippen molar-refractivity contribution in [2.24, 2.45) is 5.10 Å². The third-order valence-electron chi connectivity index (χ3n) is 4.03. The molecule has 9 nitrogen and oxygen atoms in total. The Hall–Kier alpha value is -2.84. The van der Waals surface area contributed by atoms with E-state index in [-0.39, 0.29) is 10.5 Å². The Morgan fingerprint density at radius 2 is 1.84 bits per heavy atom. The molecule has 136 valence electrons. The first-order valence-corrected chi connectivity index (χ1v) is 7.82. The van der Waals surface area contributed by atoms with Gasteiger partial charge in [-0.2, -0.15) is 5.10 Å². The highest BCUT2D eigenvalue weighted by molar-refractivity contribution is 5.97. The van der Waals surface area contributed by atoms with E-state index < -0.39 is 11.9 Å². The minimum absolute atomic E-state index is 0.243. The average molecular weight is 351 g/mol. The van der Waals surface area contributed by atoms with Gasteiger partial charge in [0.2, 0.25) is 5.75 Å². The summed E-state index contributed by atoms with van der Waals surface area (Å²) in [6.07, 6.45) is 2.54. The lowest BCUT2D eigenvalue weighted by atomic mass is 9.94. The molecule has 0 heterocycles. The minimum atomic E-state index is -0.839. The molecule has 0 spiro atoms. The van der Waals surface area contributed by atoms with Crippen molar-refractivity contribution in [1.82, 2.24) is 5.43 Å². The summed E-state index contributed by atoms with van der Waals surface area (Å²) in [4.78, 5) is 23.1. The SMILES string of the molecule is COc1cc(C(=O)N/N=C2/CCCC[C@@H]2[N+](=O)[O-])cc(OC)c1OC. The highest BCUT2D eigenvalue weighted by Crippen LogP contribution is 2.38. The van der Waals surface area contributed by atoms with E-state index in [1.54, 1.807) is 0 Å². The van der Waals surface area contributed by atoms with Gasteiger partial charge in [-0.05, 0) is 31.4 Å². The van der Waals surface area contributed by atoms with Crippen LogP contribution in [0.1, 0.15) is 36.0 Å². The van der Waals surface area contributed by atoms with Gasteiger partial charge >= 0.3 is 0 Å². The molecule has 1 aliphatic rings. The summed E-state index contributed by atoms with van der Waals surface area (Å²) < 4.78 is 15.6. The molecule has 1 N–H and O–H groups in total. The van der Waals surface area contributed by atoms with Gasteiger partial charge in [-0.1, -0.05) is 0 Å². The topological polar surface area (TPSA) is 112 Å². The molecule has 1 fully saturated rings. The molecule has 1 aromatic carbocycles. The number of methoxy groups -OCH3 is 3. The molecule has 1 aromatic rings. The lowest BCUT2D eigenvalue weighted by Gasteiger charge is -2.17. The third-order valence-corrected chi connectivity index (χ3v) is 4.03. The van der Waals surface area contributed by atoms with Crippen molar-refractivity contribution in [3.8, 4) is 17.2 Å². The largest absolute Gasteiger partial charge is 0.493 e. The smallest absolute Gasteiger partial charge is 0.271 e. The fourth-order valence-electron chi connectivity index (χ4n) is 2.73. The number of rotatable bonds is 6. The van der Waals surface area contributed by atoms with Crippen molar-refractivity contribution in [2.75, 3.05) is 21.3 Å². The summed E-state index contributed by atoms with van der Waals surface area (Å²) >= 11 is 0. The van der Waals surface area contributed by atoms with Gasteiger partial charge in [-0.3, -0.25) is 14.9 Å². The highest BCUT2D eigenvalue weighted by Gasteiger charge is 2.30. The summed E-state index contributed by atoms with van der Waals surface area (Å²) in [5.74, 6) is 0.522. The molecule has 1 amide bonds. The molecule has 0 bridgehead atoms. The number of amides is 1. The van der Waals surface area contributed by atoms with Gasteiger partial charge in [0.15, 0.2) is 11.5 Å². The molecule has 9 heteroatoms. The Balaban J connectivity index is 2.23. The summed E-state index contributed by atoms with van der Waals surface area (Å²) in [6, 6.07) is 2.14.